The third-order valence-electron chi connectivity index (χ3n) is 1.38. The zero-order valence-corrected chi connectivity index (χ0v) is 7.41. The molecule has 0 aliphatic rings. The molecule has 0 radical (unpaired) electrons. The Morgan fingerprint density at radius 1 is 1.64 bits per heavy atom. The van der Waals surface area contributed by atoms with Crippen LogP contribution in [0.15, 0.2) is 12.3 Å². The number of halogens is 1. The Labute approximate surface area is 70.0 Å². The van der Waals surface area contributed by atoms with Gasteiger partial charge in [0.15, 0.2) is 0 Å². The lowest BCUT2D eigenvalue weighted by molar-refractivity contribution is 0.573. The van der Waals surface area contributed by atoms with Crippen molar-refractivity contribution >= 4 is 11.8 Å². The SMILES string of the molecule is CSCc1cnc(F)c(C)c1. The highest BCUT2D eigenvalue weighted by molar-refractivity contribution is 7.97. The predicted octanol–water partition coefficient (Wildman–Crippen LogP) is 2.39. The molecule has 0 unspecified atom stereocenters. The Hall–Kier alpha value is -0.570. The summed E-state index contributed by atoms with van der Waals surface area (Å²) in [5.41, 5.74) is 1.70. The normalized spacial score (nSPS) is 10.1. The van der Waals surface area contributed by atoms with E-state index in [-0.39, 0.29) is 5.95 Å². The second kappa shape index (κ2) is 3.72. The van der Waals surface area contributed by atoms with Crippen LogP contribution in [-0.4, -0.2) is 11.2 Å². The Morgan fingerprint density at radius 2 is 2.36 bits per heavy atom. The molecule has 0 N–H and O–H groups in total. The number of aryl methyl sites for hydroxylation is 1. The fraction of sp³-hybridized carbons (Fsp3) is 0.375. The monoisotopic (exact) mass is 171 g/mol. The van der Waals surface area contributed by atoms with Crippen LogP contribution in [0, 0.1) is 12.9 Å². The molecule has 1 nitrogen and oxygen atoms in total. The second-order valence-corrected chi connectivity index (χ2v) is 3.25. The minimum atomic E-state index is -0.366. The summed E-state index contributed by atoms with van der Waals surface area (Å²) in [7, 11) is 0. The van der Waals surface area contributed by atoms with E-state index in [1.165, 1.54) is 0 Å². The van der Waals surface area contributed by atoms with Crippen molar-refractivity contribution in [1.82, 2.24) is 4.98 Å². The van der Waals surface area contributed by atoms with Gasteiger partial charge in [0.25, 0.3) is 0 Å². The molecule has 3 heteroatoms. The first kappa shape index (κ1) is 8.53. The van der Waals surface area contributed by atoms with Crippen LogP contribution in [0.2, 0.25) is 0 Å². The van der Waals surface area contributed by atoms with Gasteiger partial charge in [-0.2, -0.15) is 16.2 Å². The molecule has 0 fully saturated rings. The van der Waals surface area contributed by atoms with Crippen molar-refractivity contribution in [1.29, 1.82) is 0 Å². The van der Waals surface area contributed by atoms with E-state index in [1.807, 2.05) is 12.3 Å². The molecule has 60 valence electrons. The molecule has 0 saturated carbocycles. The Balaban J connectivity index is 2.86. The van der Waals surface area contributed by atoms with Gasteiger partial charge >= 0.3 is 0 Å². The maximum atomic E-state index is 12.6. The lowest BCUT2D eigenvalue weighted by Crippen LogP contribution is -1.90. The number of hydrogen-bond donors (Lipinski definition) is 0. The van der Waals surface area contributed by atoms with Crippen LogP contribution in [-0.2, 0) is 5.75 Å². The average Bonchev–Trinajstić information content (AvgIpc) is 1.98. The van der Waals surface area contributed by atoms with Gasteiger partial charge in [0, 0.05) is 17.5 Å². The van der Waals surface area contributed by atoms with Gasteiger partial charge in [-0.1, -0.05) is 0 Å². The van der Waals surface area contributed by atoms with Crippen molar-refractivity contribution in [3.05, 3.63) is 29.3 Å². The van der Waals surface area contributed by atoms with Crippen LogP contribution in [0.3, 0.4) is 0 Å². The molecule has 0 bridgehead atoms. The van der Waals surface area contributed by atoms with E-state index in [4.69, 9.17) is 0 Å². The van der Waals surface area contributed by atoms with Gasteiger partial charge < -0.3 is 0 Å². The number of nitrogens with zero attached hydrogens (tertiary/aromatic N) is 1. The van der Waals surface area contributed by atoms with E-state index in [0.717, 1.165) is 11.3 Å². The van der Waals surface area contributed by atoms with Gasteiger partial charge in [-0.25, -0.2) is 4.98 Å². The second-order valence-electron chi connectivity index (χ2n) is 2.38. The van der Waals surface area contributed by atoms with Crippen LogP contribution in [0.1, 0.15) is 11.1 Å². The van der Waals surface area contributed by atoms with Gasteiger partial charge in [0.2, 0.25) is 5.95 Å². The molecule has 11 heavy (non-hydrogen) atoms. The molecule has 1 rings (SSSR count). The molecule has 1 aromatic heterocycles. The largest absolute Gasteiger partial charge is 0.228 e. The lowest BCUT2D eigenvalue weighted by atomic mass is 10.2. The Bertz CT molecular complexity index is 250. The lowest BCUT2D eigenvalue weighted by Gasteiger charge is -1.99. The standard InChI is InChI=1S/C8H10FNS/c1-6-3-7(5-11-2)4-10-8(6)9/h3-4H,5H2,1-2H3. The fourth-order valence-corrected chi connectivity index (χ4v) is 1.35. The first-order valence-electron chi connectivity index (χ1n) is 3.34. The summed E-state index contributed by atoms with van der Waals surface area (Å²) in [6, 6.07) is 1.83. The maximum absolute atomic E-state index is 12.6. The van der Waals surface area contributed by atoms with Crippen LogP contribution < -0.4 is 0 Å². The van der Waals surface area contributed by atoms with Crippen molar-refractivity contribution in [2.75, 3.05) is 6.26 Å². The minimum absolute atomic E-state index is 0.366. The maximum Gasteiger partial charge on any atom is 0.215 e. The van der Waals surface area contributed by atoms with Crippen molar-refractivity contribution in [2.24, 2.45) is 0 Å². The van der Waals surface area contributed by atoms with Gasteiger partial charge in [-0.3, -0.25) is 0 Å². The molecule has 0 aromatic carbocycles. The highest BCUT2D eigenvalue weighted by Gasteiger charge is 1.98. The summed E-state index contributed by atoms with van der Waals surface area (Å²) >= 11 is 1.71. The number of thioether (sulfide) groups is 1. The van der Waals surface area contributed by atoms with Gasteiger partial charge in [-0.15, -0.1) is 0 Å². The number of aromatic nitrogens is 1. The van der Waals surface area contributed by atoms with Gasteiger partial charge in [0.1, 0.15) is 0 Å². The molecule has 0 aliphatic carbocycles. The highest BCUT2D eigenvalue weighted by Crippen LogP contribution is 2.10. The van der Waals surface area contributed by atoms with Gasteiger partial charge in [0.05, 0.1) is 0 Å². The van der Waals surface area contributed by atoms with Crippen molar-refractivity contribution in [2.45, 2.75) is 12.7 Å². The first-order chi connectivity index (χ1) is 5.24. The summed E-state index contributed by atoms with van der Waals surface area (Å²) in [6.07, 6.45) is 3.59. The number of pyridine rings is 1. The quantitative estimate of drug-likeness (QED) is 0.634. The summed E-state index contributed by atoms with van der Waals surface area (Å²) in [5, 5.41) is 0. The summed E-state index contributed by atoms with van der Waals surface area (Å²) < 4.78 is 12.6. The molecular weight excluding hydrogens is 161 g/mol. The zero-order valence-electron chi connectivity index (χ0n) is 6.60. The van der Waals surface area contributed by atoms with Crippen LogP contribution in [0.4, 0.5) is 4.39 Å². The average molecular weight is 171 g/mol. The number of rotatable bonds is 2. The van der Waals surface area contributed by atoms with Crippen LogP contribution in [0.25, 0.3) is 0 Å². The molecule has 0 aliphatic heterocycles. The summed E-state index contributed by atoms with van der Waals surface area (Å²) in [6.45, 7) is 1.73. The predicted molar refractivity (Wildman–Crippen MR) is 46.2 cm³/mol. The summed E-state index contributed by atoms with van der Waals surface area (Å²) in [4.78, 5) is 3.62. The first-order valence-corrected chi connectivity index (χ1v) is 4.73. The third-order valence-corrected chi connectivity index (χ3v) is 2.00. The molecule has 1 aromatic rings. The van der Waals surface area contributed by atoms with E-state index in [2.05, 4.69) is 4.98 Å². The van der Waals surface area contributed by atoms with Crippen molar-refractivity contribution < 1.29 is 4.39 Å². The molecule has 0 saturated heterocycles. The van der Waals surface area contributed by atoms with Crippen molar-refractivity contribution in [3.63, 3.8) is 0 Å². The van der Waals surface area contributed by atoms with Crippen molar-refractivity contribution in [3.8, 4) is 0 Å². The topological polar surface area (TPSA) is 12.9 Å². The Kier molecular flexibility index (Phi) is 2.88. The van der Waals surface area contributed by atoms with E-state index < -0.39 is 0 Å². The molecule has 0 atom stereocenters. The van der Waals surface area contributed by atoms with Gasteiger partial charge in [-0.05, 0) is 24.8 Å². The smallest absolute Gasteiger partial charge is 0.215 e. The van der Waals surface area contributed by atoms with E-state index >= 15 is 0 Å². The van der Waals surface area contributed by atoms with E-state index in [1.54, 1.807) is 24.9 Å². The summed E-state index contributed by atoms with van der Waals surface area (Å²) in [5.74, 6) is 0.531. The highest BCUT2D eigenvalue weighted by atomic mass is 32.2. The van der Waals surface area contributed by atoms with Crippen LogP contribution >= 0.6 is 11.8 Å². The molecule has 1 heterocycles. The number of hydrogen-bond acceptors (Lipinski definition) is 2. The van der Waals surface area contributed by atoms with Crippen LogP contribution in [0.5, 0.6) is 0 Å². The minimum Gasteiger partial charge on any atom is -0.228 e. The Morgan fingerprint density at radius 3 is 2.91 bits per heavy atom. The van der Waals surface area contributed by atoms with E-state index in [0.29, 0.717) is 5.56 Å². The zero-order chi connectivity index (χ0) is 8.27. The third kappa shape index (κ3) is 2.19. The van der Waals surface area contributed by atoms with E-state index in [9.17, 15) is 4.39 Å². The molecule has 0 amide bonds. The fourth-order valence-electron chi connectivity index (χ4n) is 0.862. The molecule has 0 spiro atoms. The molecular formula is C8H10FNS.